The molecule has 15 heavy (non-hydrogen) atoms. The average Bonchev–Trinajstić information content (AvgIpc) is 2.15. The minimum absolute atomic E-state index is 0.0649. The van der Waals surface area contributed by atoms with E-state index in [0.717, 1.165) is 13.0 Å². The molecule has 1 fully saturated rings. The summed E-state index contributed by atoms with van der Waals surface area (Å²) in [7, 11) is 1.68. The highest BCUT2D eigenvalue weighted by Crippen LogP contribution is 2.24. The van der Waals surface area contributed by atoms with Crippen LogP contribution in [0.25, 0.3) is 0 Å². The van der Waals surface area contributed by atoms with E-state index in [1.165, 1.54) is 0 Å². The van der Waals surface area contributed by atoms with E-state index in [1.54, 1.807) is 7.11 Å². The van der Waals surface area contributed by atoms with E-state index < -0.39 is 0 Å². The normalized spacial score (nSPS) is 30.6. The molecule has 0 aromatic rings. The first-order valence-corrected chi connectivity index (χ1v) is 5.63. The fourth-order valence-corrected chi connectivity index (χ4v) is 1.68. The summed E-state index contributed by atoms with van der Waals surface area (Å²) in [4.78, 5) is 0. The lowest BCUT2D eigenvalue weighted by molar-refractivity contribution is -0.133. The minimum Gasteiger partial charge on any atom is -0.379 e. The summed E-state index contributed by atoms with van der Waals surface area (Å²) >= 11 is 0. The van der Waals surface area contributed by atoms with Crippen molar-refractivity contribution < 1.29 is 14.2 Å². The molecule has 0 radical (unpaired) electrons. The smallest absolute Gasteiger partial charge is 0.0984 e. The van der Waals surface area contributed by atoms with Crippen LogP contribution in [-0.4, -0.2) is 45.2 Å². The summed E-state index contributed by atoms with van der Waals surface area (Å²) in [5, 5.41) is 0. The predicted molar refractivity (Wildman–Crippen MR) is 58.8 cm³/mol. The van der Waals surface area contributed by atoms with Crippen molar-refractivity contribution in [3.63, 3.8) is 0 Å². The monoisotopic (exact) mass is 217 g/mol. The van der Waals surface area contributed by atoms with Gasteiger partial charge in [-0.05, 0) is 12.3 Å². The van der Waals surface area contributed by atoms with Crippen molar-refractivity contribution in [3.05, 3.63) is 0 Å². The van der Waals surface area contributed by atoms with Crippen LogP contribution in [0.2, 0.25) is 0 Å². The zero-order valence-electron chi connectivity index (χ0n) is 9.94. The van der Waals surface area contributed by atoms with Crippen molar-refractivity contribution in [2.24, 2.45) is 11.7 Å². The van der Waals surface area contributed by atoms with Gasteiger partial charge in [0, 0.05) is 19.8 Å². The Labute approximate surface area is 92.1 Å². The van der Waals surface area contributed by atoms with Gasteiger partial charge in [0.25, 0.3) is 0 Å². The van der Waals surface area contributed by atoms with Crippen LogP contribution in [0.3, 0.4) is 0 Å². The summed E-state index contributed by atoms with van der Waals surface area (Å²) < 4.78 is 16.2. The molecular weight excluding hydrogens is 194 g/mol. The van der Waals surface area contributed by atoms with Gasteiger partial charge < -0.3 is 19.9 Å². The van der Waals surface area contributed by atoms with E-state index >= 15 is 0 Å². The molecule has 3 atom stereocenters. The van der Waals surface area contributed by atoms with E-state index in [2.05, 4.69) is 13.8 Å². The zero-order valence-corrected chi connectivity index (χ0v) is 9.94. The molecule has 0 amide bonds. The molecule has 1 aliphatic carbocycles. The quantitative estimate of drug-likeness (QED) is 0.641. The zero-order chi connectivity index (χ0) is 11.3. The first-order valence-electron chi connectivity index (χ1n) is 5.63. The lowest BCUT2D eigenvalue weighted by Crippen LogP contribution is -2.57. The van der Waals surface area contributed by atoms with Crippen LogP contribution >= 0.6 is 0 Å². The molecule has 0 aliphatic heterocycles. The van der Waals surface area contributed by atoms with Gasteiger partial charge in [-0.3, -0.25) is 0 Å². The van der Waals surface area contributed by atoms with Crippen LogP contribution in [0.15, 0.2) is 0 Å². The Morgan fingerprint density at radius 1 is 1.33 bits per heavy atom. The first kappa shape index (κ1) is 12.9. The SMILES string of the molecule is COC1C(N)CC1OCCOCC(C)C. The third kappa shape index (κ3) is 4.07. The number of hydrogen-bond acceptors (Lipinski definition) is 4. The molecule has 0 aromatic carbocycles. The molecular formula is C11H23NO3. The predicted octanol–water partition coefficient (Wildman–Crippen LogP) is 0.790. The number of nitrogens with two attached hydrogens (primary N) is 1. The third-order valence-corrected chi connectivity index (χ3v) is 2.58. The Bertz CT molecular complexity index is 175. The third-order valence-electron chi connectivity index (χ3n) is 2.58. The second-order valence-corrected chi connectivity index (χ2v) is 4.48. The molecule has 1 aliphatic rings. The second-order valence-electron chi connectivity index (χ2n) is 4.48. The van der Waals surface area contributed by atoms with E-state index in [9.17, 15) is 0 Å². The highest BCUT2D eigenvalue weighted by Gasteiger charge is 2.39. The fourth-order valence-electron chi connectivity index (χ4n) is 1.68. The summed E-state index contributed by atoms with van der Waals surface area (Å²) in [6.07, 6.45) is 1.12. The first-order chi connectivity index (χ1) is 7.15. The fraction of sp³-hybridized carbons (Fsp3) is 1.00. The van der Waals surface area contributed by atoms with Gasteiger partial charge in [-0.2, -0.15) is 0 Å². The van der Waals surface area contributed by atoms with Gasteiger partial charge >= 0.3 is 0 Å². The Kier molecular flexibility index (Phi) is 5.53. The van der Waals surface area contributed by atoms with Crippen molar-refractivity contribution in [2.45, 2.75) is 38.5 Å². The number of methoxy groups -OCH3 is 1. The largest absolute Gasteiger partial charge is 0.379 e. The van der Waals surface area contributed by atoms with Crippen molar-refractivity contribution in [1.82, 2.24) is 0 Å². The lowest BCUT2D eigenvalue weighted by Gasteiger charge is -2.40. The summed E-state index contributed by atoms with van der Waals surface area (Å²) in [6, 6.07) is 0.136. The van der Waals surface area contributed by atoms with Crippen molar-refractivity contribution in [3.8, 4) is 0 Å². The molecule has 0 spiro atoms. The van der Waals surface area contributed by atoms with E-state index in [1.807, 2.05) is 0 Å². The second kappa shape index (κ2) is 6.43. The van der Waals surface area contributed by atoms with Gasteiger partial charge in [0.1, 0.15) is 0 Å². The molecule has 0 bridgehead atoms. The number of hydrogen-bond donors (Lipinski definition) is 1. The summed E-state index contributed by atoms with van der Waals surface area (Å²) in [6.45, 7) is 6.34. The number of rotatable bonds is 7. The lowest BCUT2D eigenvalue weighted by atomic mass is 9.86. The van der Waals surface area contributed by atoms with E-state index in [-0.39, 0.29) is 18.2 Å². The Morgan fingerprint density at radius 3 is 2.60 bits per heavy atom. The van der Waals surface area contributed by atoms with Crippen LogP contribution in [-0.2, 0) is 14.2 Å². The minimum atomic E-state index is 0.0649. The van der Waals surface area contributed by atoms with Gasteiger partial charge in [-0.1, -0.05) is 13.8 Å². The van der Waals surface area contributed by atoms with E-state index in [0.29, 0.717) is 19.1 Å². The van der Waals surface area contributed by atoms with Crippen LogP contribution in [0.1, 0.15) is 20.3 Å². The Morgan fingerprint density at radius 2 is 2.07 bits per heavy atom. The maximum absolute atomic E-state index is 5.76. The molecule has 0 aromatic heterocycles. The van der Waals surface area contributed by atoms with Crippen LogP contribution in [0, 0.1) is 5.92 Å². The van der Waals surface area contributed by atoms with Gasteiger partial charge in [0.05, 0.1) is 25.4 Å². The van der Waals surface area contributed by atoms with Gasteiger partial charge in [-0.25, -0.2) is 0 Å². The summed E-state index contributed by atoms with van der Waals surface area (Å²) in [5.41, 5.74) is 5.76. The molecule has 3 unspecified atom stereocenters. The van der Waals surface area contributed by atoms with Crippen molar-refractivity contribution in [1.29, 1.82) is 0 Å². The number of ether oxygens (including phenoxy) is 3. The topological polar surface area (TPSA) is 53.7 Å². The molecule has 0 saturated heterocycles. The molecule has 1 saturated carbocycles. The standard InChI is InChI=1S/C11H23NO3/c1-8(2)7-14-4-5-15-10-6-9(12)11(10)13-3/h8-11H,4-7,12H2,1-3H3. The average molecular weight is 217 g/mol. The maximum Gasteiger partial charge on any atom is 0.0984 e. The van der Waals surface area contributed by atoms with E-state index in [4.69, 9.17) is 19.9 Å². The van der Waals surface area contributed by atoms with Crippen LogP contribution in [0.4, 0.5) is 0 Å². The summed E-state index contributed by atoms with van der Waals surface area (Å²) in [5.74, 6) is 0.578. The molecule has 0 heterocycles. The highest BCUT2D eigenvalue weighted by molar-refractivity contribution is 4.94. The van der Waals surface area contributed by atoms with Gasteiger partial charge in [0.15, 0.2) is 0 Å². The van der Waals surface area contributed by atoms with Crippen LogP contribution in [0.5, 0.6) is 0 Å². The Hall–Kier alpha value is -0.160. The van der Waals surface area contributed by atoms with Crippen molar-refractivity contribution >= 4 is 0 Å². The molecule has 4 nitrogen and oxygen atoms in total. The van der Waals surface area contributed by atoms with Crippen LogP contribution < -0.4 is 5.73 Å². The Balaban J connectivity index is 1.97. The molecule has 90 valence electrons. The molecule has 4 heteroatoms. The van der Waals surface area contributed by atoms with Gasteiger partial charge in [-0.15, -0.1) is 0 Å². The molecule has 2 N–H and O–H groups in total. The maximum atomic E-state index is 5.76. The highest BCUT2D eigenvalue weighted by atomic mass is 16.6. The van der Waals surface area contributed by atoms with Gasteiger partial charge in [0.2, 0.25) is 0 Å². The van der Waals surface area contributed by atoms with Crippen molar-refractivity contribution in [2.75, 3.05) is 26.9 Å². The molecule has 1 rings (SSSR count).